The number of benzene rings is 2. The molecule has 0 aliphatic rings. The second kappa shape index (κ2) is 12.2. The summed E-state index contributed by atoms with van der Waals surface area (Å²) in [4.78, 5) is 24.6. The summed E-state index contributed by atoms with van der Waals surface area (Å²) in [7, 11) is 10.9. The van der Waals surface area contributed by atoms with Crippen molar-refractivity contribution in [1.82, 2.24) is 4.98 Å². The van der Waals surface area contributed by atoms with Gasteiger partial charge in [0.25, 0.3) is 0 Å². The molecule has 0 saturated heterocycles. The monoisotopic (exact) mass is 470 g/mol. The first kappa shape index (κ1) is 22.9. The molecule has 151 valence electrons. The number of aromatic nitrogens is 1. The van der Waals surface area contributed by atoms with Crippen molar-refractivity contribution in [3.63, 3.8) is 0 Å². The number of carbonyl (C=O) groups excluding carboxylic acids is 1. The molecular weight excluding hydrogens is 453 g/mol. The Morgan fingerprint density at radius 1 is 0.897 bits per heavy atom. The second-order valence-corrected chi connectivity index (χ2v) is 7.56. The van der Waals surface area contributed by atoms with E-state index in [0.29, 0.717) is 5.56 Å². The van der Waals surface area contributed by atoms with E-state index in [4.69, 9.17) is 20.2 Å². The maximum absolute atomic E-state index is 11.4. The molecule has 0 bridgehead atoms. The van der Waals surface area contributed by atoms with Gasteiger partial charge in [0.2, 0.25) is 0 Å². The van der Waals surface area contributed by atoms with E-state index in [1.54, 1.807) is 36.7 Å². The van der Waals surface area contributed by atoms with Crippen LogP contribution in [0.25, 0.3) is 0 Å². The molecule has 0 atom stereocenters. The number of aliphatic imine (C=N–C) groups is 2. The Morgan fingerprint density at radius 3 is 1.79 bits per heavy atom. The van der Waals surface area contributed by atoms with Gasteiger partial charge in [-0.1, -0.05) is 29.8 Å². The predicted molar refractivity (Wildman–Crippen MR) is 115 cm³/mol. The van der Waals surface area contributed by atoms with Crippen LogP contribution in [0.4, 0.5) is 11.4 Å². The van der Waals surface area contributed by atoms with E-state index < -0.39 is 0 Å². The van der Waals surface area contributed by atoms with Crippen molar-refractivity contribution >= 4 is 50.0 Å². The van der Waals surface area contributed by atoms with E-state index >= 15 is 0 Å². The Kier molecular flexibility index (Phi) is 9.68. The minimum atomic E-state index is -0.365. The van der Waals surface area contributed by atoms with Crippen LogP contribution in [0, 0.1) is 6.92 Å². The summed E-state index contributed by atoms with van der Waals surface area (Å²) < 4.78 is 4.67. The summed E-state index contributed by atoms with van der Waals surface area (Å²) in [5, 5.41) is 0. The third kappa shape index (κ3) is 7.87. The molecule has 0 unspecified atom stereocenters. The summed E-state index contributed by atoms with van der Waals surface area (Å²) in [5.41, 5.74) is 4.83. The van der Waals surface area contributed by atoms with Crippen molar-refractivity contribution in [3.8, 4) is 0 Å². The van der Waals surface area contributed by atoms with Crippen molar-refractivity contribution < 1.29 is 22.7 Å². The molecule has 5 nitrogen and oxygen atoms in total. The fourth-order valence-corrected chi connectivity index (χ4v) is 2.25. The molecule has 0 aliphatic carbocycles. The number of nitrogens with zero attached hydrogens (tertiary/aromatic N) is 3. The Balaban J connectivity index is 0.000000941. The van der Waals surface area contributed by atoms with Crippen molar-refractivity contribution in [2.24, 2.45) is 9.98 Å². The van der Waals surface area contributed by atoms with Gasteiger partial charge in [0, 0.05) is 12.4 Å². The van der Waals surface area contributed by atoms with Crippen molar-refractivity contribution in [3.05, 3.63) is 83.2 Å². The third-order valence-corrected chi connectivity index (χ3v) is 3.70. The first-order valence-corrected chi connectivity index (χ1v) is 11.4. The zero-order valence-corrected chi connectivity index (χ0v) is 18.3. The van der Waals surface area contributed by atoms with Gasteiger partial charge in [-0.3, -0.25) is 9.98 Å². The quantitative estimate of drug-likeness (QED) is 0.276. The number of aryl methyl sites for hydroxylation is 1. The van der Waals surface area contributed by atoms with Crippen LogP contribution in [-0.2, 0) is 17.9 Å². The number of methoxy groups -OCH3 is 1. The molecule has 29 heavy (non-hydrogen) atoms. The van der Waals surface area contributed by atoms with Gasteiger partial charge in [0.05, 0.1) is 24.0 Å². The molecule has 3 rings (SSSR count). The van der Waals surface area contributed by atoms with Crippen LogP contribution in [0.15, 0.2) is 70.6 Å². The number of hydrogen-bond donors (Lipinski definition) is 0. The fourth-order valence-electron chi connectivity index (χ4n) is 2.25. The summed E-state index contributed by atoms with van der Waals surface area (Å²) in [6.07, 6.45) is 3.41. The predicted octanol–water partition coefficient (Wildman–Crippen LogP) is 5.62. The molecule has 0 N–H and O–H groups in total. The fraction of sp³-hybridized carbons (Fsp3) is 0.0952. The molecule has 0 spiro atoms. The number of carbonyl (C=O) groups is 1. The summed E-state index contributed by atoms with van der Waals surface area (Å²) >= 11 is 0.194. The molecule has 1 aromatic heterocycles. The van der Waals surface area contributed by atoms with Gasteiger partial charge in [-0.05, 0) is 43.3 Å². The van der Waals surface area contributed by atoms with Crippen LogP contribution >= 0.6 is 20.2 Å². The standard InChI is InChI=1S/C21H19N3O2.2ClH.Fe/c1-15-3-7-17(8-4-15)22-13-19-11-12-20(24-19)14-23-18-9-5-16(6-10-18)21(25)26-2;;;/h3-14H,1-2H3,(H,22,23,24,25);2*1H;/q;;;+3/p-3. The van der Waals surface area contributed by atoms with Gasteiger partial charge >= 0.3 is 39.3 Å². The van der Waals surface area contributed by atoms with Crippen molar-refractivity contribution in [2.75, 3.05) is 7.11 Å². The Labute approximate surface area is 184 Å². The maximum atomic E-state index is 11.4. The Bertz CT molecular complexity index is 968. The van der Waals surface area contributed by atoms with E-state index in [1.807, 2.05) is 43.3 Å². The van der Waals surface area contributed by atoms with Gasteiger partial charge < -0.3 is 9.72 Å². The van der Waals surface area contributed by atoms with Crippen LogP contribution in [0.1, 0.15) is 27.3 Å². The zero-order valence-electron chi connectivity index (χ0n) is 15.7. The number of rotatable bonds is 5. The molecule has 1 heterocycles. The molecule has 0 fully saturated rings. The summed E-state index contributed by atoms with van der Waals surface area (Å²) in [5.74, 6) is -0.365. The summed E-state index contributed by atoms with van der Waals surface area (Å²) in [6.45, 7) is 2.04. The normalized spacial score (nSPS) is 10.8. The average Bonchev–Trinajstić information content (AvgIpc) is 3.20. The topological polar surface area (TPSA) is 65.1 Å². The van der Waals surface area contributed by atoms with Gasteiger partial charge in [-0.15, -0.1) is 11.4 Å². The number of halogens is 2. The second-order valence-electron chi connectivity index (χ2n) is 5.74. The van der Waals surface area contributed by atoms with E-state index in [1.165, 1.54) is 12.7 Å². The molecule has 0 aliphatic heterocycles. The van der Waals surface area contributed by atoms with E-state index in [0.717, 1.165) is 22.8 Å². The van der Waals surface area contributed by atoms with E-state index in [9.17, 15) is 4.79 Å². The first-order valence-electron chi connectivity index (χ1n) is 8.38. The van der Waals surface area contributed by atoms with Crippen LogP contribution in [0.5, 0.6) is 0 Å². The molecular formula is C21H18Cl2FeN3O2. The van der Waals surface area contributed by atoms with Crippen molar-refractivity contribution in [1.29, 1.82) is 0 Å². The Hall–Kier alpha value is -2.37. The Morgan fingerprint density at radius 2 is 1.34 bits per heavy atom. The molecule has 3 aromatic rings. The van der Waals surface area contributed by atoms with Gasteiger partial charge in [-0.2, -0.15) is 0 Å². The average molecular weight is 471 g/mol. The number of ether oxygens (including phenoxy) is 1. The summed E-state index contributed by atoms with van der Waals surface area (Å²) in [6, 6.07) is 18.6. The number of hydrogen-bond acceptors (Lipinski definition) is 4. The minimum absolute atomic E-state index is 0.194. The SMILES string of the molecule is COC(=O)c1ccc(N=Cc2ccc(C=Nc3ccc(C)cc3)[n-]2)cc1.[Cl][Fe+][Cl]. The van der Waals surface area contributed by atoms with E-state index in [2.05, 4.69) is 19.7 Å². The molecule has 0 radical (unpaired) electrons. The zero-order chi connectivity index (χ0) is 21.1. The van der Waals surface area contributed by atoms with Crippen LogP contribution < -0.4 is 4.98 Å². The third-order valence-electron chi connectivity index (χ3n) is 3.70. The van der Waals surface area contributed by atoms with Gasteiger partial charge in [0.15, 0.2) is 0 Å². The van der Waals surface area contributed by atoms with Crippen LogP contribution in [0.3, 0.4) is 0 Å². The van der Waals surface area contributed by atoms with E-state index in [-0.39, 0.29) is 19.1 Å². The molecule has 0 saturated carbocycles. The van der Waals surface area contributed by atoms with Gasteiger partial charge in [-0.25, -0.2) is 4.79 Å². The van der Waals surface area contributed by atoms with Gasteiger partial charge in [0.1, 0.15) is 0 Å². The van der Waals surface area contributed by atoms with Crippen LogP contribution in [0.2, 0.25) is 0 Å². The molecule has 8 heteroatoms. The number of esters is 1. The first-order chi connectivity index (χ1) is 14.0. The molecule has 2 aromatic carbocycles. The van der Waals surface area contributed by atoms with Crippen molar-refractivity contribution in [2.45, 2.75) is 6.92 Å². The van der Waals surface area contributed by atoms with Crippen LogP contribution in [-0.4, -0.2) is 25.5 Å². The molecule has 0 amide bonds.